The maximum absolute atomic E-state index is 11.0. The van der Waals surface area contributed by atoms with Crippen LogP contribution in [0.2, 0.25) is 0 Å². The number of benzene rings is 1. The molecule has 0 saturated heterocycles. The average molecular weight is 221 g/mol. The number of carboxylic acids is 1. The Morgan fingerprint density at radius 3 is 2.38 bits per heavy atom. The number of carbonyl (C=O) groups excluding carboxylic acids is 1. The van der Waals surface area contributed by atoms with Crippen molar-refractivity contribution in [2.45, 2.75) is 18.9 Å². The standard InChI is InChI=1S/C11H11NO4/c12-10(13)6-3-7(11(14)15)5-9(4-6)16-8-1-2-8/h3-5,8H,1-2H2,(H2,12,13)(H,14,15). The summed E-state index contributed by atoms with van der Waals surface area (Å²) < 4.78 is 5.44. The minimum atomic E-state index is -1.11. The number of hydrogen-bond donors (Lipinski definition) is 2. The van der Waals surface area contributed by atoms with Gasteiger partial charge in [0, 0.05) is 5.56 Å². The first kappa shape index (κ1) is 10.5. The molecule has 0 aromatic heterocycles. The first-order valence-corrected chi connectivity index (χ1v) is 4.91. The van der Waals surface area contributed by atoms with Crippen LogP contribution in [-0.4, -0.2) is 23.1 Å². The van der Waals surface area contributed by atoms with E-state index >= 15 is 0 Å². The SMILES string of the molecule is NC(=O)c1cc(OC2CC2)cc(C(=O)O)c1. The molecule has 0 heterocycles. The van der Waals surface area contributed by atoms with Crippen molar-refractivity contribution < 1.29 is 19.4 Å². The Balaban J connectivity index is 2.35. The molecule has 5 heteroatoms. The molecule has 0 radical (unpaired) electrons. The van der Waals surface area contributed by atoms with Gasteiger partial charge in [-0.05, 0) is 31.0 Å². The van der Waals surface area contributed by atoms with Crippen LogP contribution in [0.15, 0.2) is 18.2 Å². The molecule has 16 heavy (non-hydrogen) atoms. The second kappa shape index (κ2) is 3.84. The molecule has 0 atom stereocenters. The Labute approximate surface area is 91.8 Å². The molecular weight excluding hydrogens is 210 g/mol. The average Bonchev–Trinajstić information content (AvgIpc) is 3.01. The minimum absolute atomic E-state index is 0.00644. The number of amides is 1. The lowest BCUT2D eigenvalue weighted by molar-refractivity contribution is 0.0696. The lowest BCUT2D eigenvalue weighted by Gasteiger charge is -2.07. The van der Waals surface area contributed by atoms with Gasteiger partial charge in [0.05, 0.1) is 11.7 Å². The molecule has 84 valence electrons. The van der Waals surface area contributed by atoms with E-state index in [4.69, 9.17) is 15.6 Å². The highest BCUT2D eigenvalue weighted by molar-refractivity contribution is 5.97. The van der Waals surface area contributed by atoms with Crippen molar-refractivity contribution in [3.8, 4) is 5.75 Å². The van der Waals surface area contributed by atoms with Crippen molar-refractivity contribution in [1.29, 1.82) is 0 Å². The number of hydrogen-bond acceptors (Lipinski definition) is 3. The Morgan fingerprint density at radius 2 is 1.88 bits per heavy atom. The lowest BCUT2D eigenvalue weighted by Crippen LogP contribution is -2.13. The summed E-state index contributed by atoms with van der Waals surface area (Å²) in [4.78, 5) is 21.8. The number of ether oxygens (including phenoxy) is 1. The summed E-state index contributed by atoms with van der Waals surface area (Å²) in [6.45, 7) is 0. The quantitative estimate of drug-likeness (QED) is 0.794. The summed E-state index contributed by atoms with van der Waals surface area (Å²) in [5, 5.41) is 8.86. The molecule has 1 aliphatic carbocycles. The van der Waals surface area contributed by atoms with Gasteiger partial charge in [-0.1, -0.05) is 0 Å². The Kier molecular flexibility index (Phi) is 2.52. The fourth-order valence-electron chi connectivity index (χ4n) is 1.31. The second-order valence-corrected chi connectivity index (χ2v) is 3.73. The van der Waals surface area contributed by atoms with Crippen molar-refractivity contribution in [3.05, 3.63) is 29.3 Å². The van der Waals surface area contributed by atoms with Crippen molar-refractivity contribution in [2.24, 2.45) is 5.73 Å². The monoisotopic (exact) mass is 221 g/mol. The number of rotatable bonds is 4. The molecular formula is C11H11NO4. The molecule has 2 rings (SSSR count). The molecule has 0 bridgehead atoms. The number of carboxylic acid groups (broad SMARTS) is 1. The summed E-state index contributed by atoms with van der Waals surface area (Å²) in [5.74, 6) is -1.39. The van der Waals surface area contributed by atoms with E-state index < -0.39 is 11.9 Å². The van der Waals surface area contributed by atoms with E-state index in [0.29, 0.717) is 5.75 Å². The third kappa shape index (κ3) is 2.31. The van der Waals surface area contributed by atoms with E-state index in [2.05, 4.69) is 0 Å². The van der Waals surface area contributed by atoms with E-state index in [1.54, 1.807) is 0 Å². The largest absolute Gasteiger partial charge is 0.490 e. The van der Waals surface area contributed by atoms with Crippen molar-refractivity contribution in [3.63, 3.8) is 0 Å². The molecule has 1 aromatic carbocycles. The van der Waals surface area contributed by atoms with Gasteiger partial charge in [-0.2, -0.15) is 0 Å². The predicted octanol–water partition coefficient (Wildman–Crippen LogP) is 1.02. The highest BCUT2D eigenvalue weighted by Crippen LogP contribution is 2.28. The molecule has 1 aliphatic rings. The second-order valence-electron chi connectivity index (χ2n) is 3.73. The zero-order chi connectivity index (χ0) is 11.7. The Hall–Kier alpha value is -2.04. The van der Waals surface area contributed by atoms with E-state index in [1.165, 1.54) is 18.2 Å². The van der Waals surface area contributed by atoms with Crippen LogP contribution in [0.3, 0.4) is 0 Å². The number of nitrogens with two attached hydrogens (primary N) is 1. The van der Waals surface area contributed by atoms with Crippen LogP contribution in [-0.2, 0) is 0 Å². The topological polar surface area (TPSA) is 89.6 Å². The van der Waals surface area contributed by atoms with Crippen molar-refractivity contribution in [2.75, 3.05) is 0 Å². The fraction of sp³-hybridized carbons (Fsp3) is 0.273. The van der Waals surface area contributed by atoms with Crippen LogP contribution in [0.25, 0.3) is 0 Å². The molecule has 1 fully saturated rings. The molecule has 3 N–H and O–H groups in total. The fourth-order valence-corrected chi connectivity index (χ4v) is 1.31. The van der Waals surface area contributed by atoms with Crippen LogP contribution in [0.1, 0.15) is 33.6 Å². The number of aromatic carboxylic acids is 1. The molecule has 0 spiro atoms. The minimum Gasteiger partial charge on any atom is -0.490 e. The zero-order valence-electron chi connectivity index (χ0n) is 8.47. The summed E-state index contributed by atoms with van der Waals surface area (Å²) >= 11 is 0. The first-order chi connectivity index (χ1) is 7.56. The maximum Gasteiger partial charge on any atom is 0.335 e. The Morgan fingerprint density at radius 1 is 1.25 bits per heavy atom. The molecule has 5 nitrogen and oxygen atoms in total. The van der Waals surface area contributed by atoms with Gasteiger partial charge in [-0.15, -0.1) is 0 Å². The third-order valence-corrected chi connectivity index (χ3v) is 2.27. The van der Waals surface area contributed by atoms with Crippen molar-refractivity contribution in [1.82, 2.24) is 0 Å². The molecule has 1 amide bonds. The molecule has 1 aromatic rings. The van der Waals surface area contributed by atoms with E-state index in [0.717, 1.165) is 12.8 Å². The summed E-state index contributed by atoms with van der Waals surface area (Å²) in [6.07, 6.45) is 2.07. The van der Waals surface area contributed by atoms with Gasteiger partial charge in [-0.25, -0.2) is 4.79 Å². The summed E-state index contributed by atoms with van der Waals surface area (Å²) in [5.41, 5.74) is 5.27. The van der Waals surface area contributed by atoms with Crippen molar-refractivity contribution >= 4 is 11.9 Å². The molecule has 0 unspecified atom stereocenters. The van der Waals surface area contributed by atoms with Gasteiger partial charge < -0.3 is 15.6 Å². The van der Waals surface area contributed by atoms with Crippen LogP contribution < -0.4 is 10.5 Å². The summed E-state index contributed by atoms with van der Waals surface area (Å²) in [6, 6.07) is 4.10. The van der Waals surface area contributed by atoms with E-state index in [-0.39, 0.29) is 17.2 Å². The van der Waals surface area contributed by atoms with Gasteiger partial charge >= 0.3 is 5.97 Å². The smallest absolute Gasteiger partial charge is 0.335 e. The normalized spacial score (nSPS) is 14.5. The van der Waals surface area contributed by atoms with Crippen LogP contribution in [0.5, 0.6) is 5.75 Å². The van der Waals surface area contributed by atoms with Gasteiger partial charge in [-0.3, -0.25) is 4.79 Å². The van der Waals surface area contributed by atoms with E-state index in [1.807, 2.05) is 0 Å². The van der Waals surface area contributed by atoms with E-state index in [9.17, 15) is 9.59 Å². The van der Waals surface area contributed by atoms with Crippen LogP contribution in [0, 0.1) is 0 Å². The van der Waals surface area contributed by atoms with Crippen LogP contribution >= 0.6 is 0 Å². The molecule has 0 aliphatic heterocycles. The van der Waals surface area contributed by atoms with Crippen LogP contribution in [0.4, 0.5) is 0 Å². The molecule has 1 saturated carbocycles. The van der Waals surface area contributed by atoms with Gasteiger partial charge in [0.15, 0.2) is 0 Å². The lowest BCUT2D eigenvalue weighted by atomic mass is 10.1. The highest BCUT2D eigenvalue weighted by atomic mass is 16.5. The van der Waals surface area contributed by atoms with Gasteiger partial charge in [0.2, 0.25) is 5.91 Å². The highest BCUT2D eigenvalue weighted by Gasteiger charge is 2.24. The number of primary amides is 1. The Bertz CT molecular complexity index is 419. The van der Waals surface area contributed by atoms with Gasteiger partial charge in [0.25, 0.3) is 0 Å². The maximum atomic E-state index is 11.0. The summed E-state index contributed by atoms with van der Waals surface area (Å²) in [7, 11) is 0. The first-order valence-electron chi connectivity index (χ1n) is 4.91. The number of carbonyl (C=O) groups is 2. The predicted molar refractivity (Wildman–Crippen MR) is 55.6 cm³/mol. The van der Waals surface area contributed by atoms with Gasteiger partial charge in [0.1, 0.15) is 5.75 Å². The zero-order valence-corrected chi connectivity index (χ0v) is 8.47. The third-order valence-electron chi connectivity index (χ3n) is 2.27.